The molecule has 0 bridgehead atoms. The Labute approximate surface area is 298 Å². The van der Waals surface area contributed by atoms with Crippen molar-refractivity contribution in [2.75, 3.05) is 38.0 Å². The fourth-order valence-corrected chi connectivity index (χ4v) is 8.58. The molecule has 256 valence electrons. The molecule has 0 aliphatic carbocycles. The molecular formula is C37H36ClN7O4S. The van der Waals surface area contributed by atoms with Gasteiger partial charge in [0.05, 0.1) is 48.1 Å². The number of halogens is 1. The molecule has 13 heteroatoms. The van der Waals surface area contributed by atoms with Crippen LogP contribution in [0.1, 0.15) is 28.1 Å². The number of carbonyl (C=O) groups excluding carboxylic acids is 1. The summed E-state index contributed by atoms with van der Waals surface area (Å²) < 4.78 is 0. The number of carbonyl (C=O) groups is 2. The van der Waals surface area contributed by atoms with Crippen LogP contribution < -0.4 is 5.32 Å². The maximum absolute atomic E-state index is 12.8. The Morgan fingerprint density at radius 1 is 1.02 bits per heavy atom. The minimum absolute atomic E-state index is 0.0685. The van der Waals surface area contributed by atoms with Crippen molar-refractivity contribution in [3.8, 4) is 21.7 Å². The van der Waals surface area contributed by atoms with Crippen LogP contribution >= 0.6 is 22.9 Å². The number of amides is 1. The van der Waals surface area contributed by atoms with E-state index in [0.29, 0.717) is 68.8 Å². The number of thiazole rings is 1. The Morgan fingerprint density at radius 3 is 2.60 bits per heavy atom. The molecule has 2 saturated heterocycles. The molecule has 1 amide bonds. The number of likely N-dealkylation sites (tertiary alicyclic amines) is 2. The molecule has 0 unspecified atom stereocenters. The Hall–Kier alpha value is -4.46. The molecule has 3 aliphatic heterocycles. The van der Waals surface area contributed by atoms with Gasteiger partial charge in [0.25, 0.3) is 0 Å². The van der Waals surface area contributed by atoms with Gasteiger partial charge in [0.1, 0.15) is 10.5 Å². The molecule has 3 aromatic heterocycles. The summed E-state index contributed by atoms with van der Waals surface area (Å²) in [5, 5.41) is 24.7. The number of carboxylic acids is 1. The zero-order valence-corrected chi connectivity index (χ0v) is 29.0. The van der Waals surface area contributed by atoms with Gasteiger partial charge in [0, 0.05) is 60.0 Å². The largest absolute Gasteiger partial charge is 0.481 e. The molecule has 3 aliphatic rings. The van der Waals surface area contributed by atoms with Crippen molar-refractivity contribution in [3.05, 3.63) is 87.6 Å². The lowest BCUT2D eigenvalue weighted by molar-refractivity contribution is -0.141. The van der Waals surface area contributed by atoms with Crippen molar-refractivity contribution >= 4 is 57.2 Å². The molecule has 5 aromatic rings. The lowest BCUT2D eigenvalue weighted by Gasteiger charge is -2.36. The van der Waals surface area contributed by atoms with E-state index < -0.39 is 5.97 Å². The monoisotopic (exact) mass is 709 g/mol. The summed E-state index contributed by atoms with van der Waals surface area (Å²) in [4.78, 5) is 45.6. The third-order valence-corrected chi connectivity index (χ3v) is 11.4. The molecule has 2 fully saturated rings. The third kappa shape index (κ3) is 6.33. The average Bonchev–Trinajstić information content (AvgIpc) is 3.82. The summed E-state index contributed by atoms with van der Waals surface area (Å²) in [5.41, 5.74) is 7.38. The Kier molecular flexibility index (Phi) is 8.74. The van der Waals surface area contributed by atoms with Crippen LogP contribution in [0.4, 0.5) is 11.5 Å². The SMILES string of the molecule is Cc1c(-c2nc3c(s2)CN(C(=O)CN2CC(O)C2)C3)cccc1-c1cccc(Nc2nccc3cc(CN4CC[C@@H](C(=O)O)C4)cnc23)c1Cl. The number of hydrogen-bond donors (Lipinski definition) is 3. The van der Waals surface area contributed by atoms with Gasteiger partial charge in [-0.15, -0.1) is 11.3 Å². The molecule has 3 N–H and O–H groups in total. The summed E-state index contributed by atoms with van der Waals surface area (Å²) in [6, 6.07) is 16.1. The van der Waals surface area contributed by atoms with Gasteiger partial charge in [-0.05, 0) is 54.8 Å². The molecule has 0 spiro atoms. The van der Waals surface area contributed by atoms with Crippen LogP contribution in [0.3, 0.4) is 0 Å². The van der Waals surface area contributed by atoms with Crippen LogP contribution in [-0.4, -0.2) is 90.6 Å². The second-order valence-electron chi connectivity index (χ2n) is 13.4. The standard InChI is InChI=1S/C37H36ClN7O4S/c1-21-26(4-2-5-27(21)36-42-30-18-45(19-31(30)50-36)32(47)20-44-16-25(46)17-44)28-6-3-7-29(33(28)38)41-35-34-23(8-10-39-35)12-22(13-40-34)14-43-11-9-24(15-43)37(48)49/h2-8,10,12-13,24-25,46H,9,11,14-20H2,1H3,(H,39,41)(H,48,49)/t24-/m1/s1. The highest BCUT2D eigenvalue weighted by Gasteiger charge is 2.32. The summed E-state index contributed by atoms with van der Waals surface area (Å²) in [6.07, 6.45) is 3.92. The quantitative estimate of drug-likeness (QED) is 0.179. The first-order valence-corrected chi connectivity index (χ1v) is 17.9. The average molecular weight is 710 g/mol. The first kappa shape index (κ1) is 32.7. The maximum Gasteiger partial charge on any atom is 0.307 e. The van der Waals surface area contributed by atoms with Crippen molar-refractivity contribution in [2.45, 2.75) is 39.1 Å². The second-order valence-corrected chi connectivity index (χ2v) is 14.9. The van der Waals surface area contributed by atoms with E-state index in [-0.39, 0.29) is 17.9 Å². The molecule has 8 rings (SSSR count). The van der Waals surface area contributed by atoms with E-state index in [1.807, 2.05) is 46.3 Å². The third-order valence-electron chi connectivity index (χ3n) is 9.89. The predicted octanol–water partition coefficient (Wildman–Crippen LogP) is 5.55. The number of carboxylic acid groups (broad SMARTS) is 1. The Morgan fingerprint density at radius 2 is 1.82 bits per heavy atom. The van der Waals surface area contributed by atoms with E-state index in [9.17, 15) is 19.8 Å². The number of rotatable bonds is 9. The summed E-state index contributed by atoms with van der Waals surface area (Å²) in [5.74, 6) is -0.384. The van der Waals surface area contributed by atoms with Crippen LogP contribution in [-0.2, 0) is 29.2 Å². The number of aliphatic hydroxyl groups excluding tert-OH is 1. The van der Waals surface area contributed by atoms with Gasteiger partial charge in [-0.3, -0.25) is 24.4 Å². The summed E-state index contributed by atoms with van der Waals surface area (Å²) >= 11 is 8.74. The van der Waals surface area contributed by atoms with Gasteiger partial charge >= 0.3 is 5.97 Å². The fourth-order valence-electron chi connectivity index (χ4n) is 7.14. The first-order valence-electron chi connectivity index (χ1n) is 16.7. The van der Waals surface area contributed by atoms with E-state index in [0.717, 1.165) is 60.8 Å². The second kappa shape index (κ2) is 13.3. The highest BCUT2D eigenvalue weighted by molar-refractivity contribution is 7.15. The molecule has 0 saturated carbocycles. The van der Waals surface area contributed by atoms with Crippen molar-refractivity contribution in [3.63, 3.8) is 0 Å². The maximum atomic E-state index is 12.8. The van der Waals surface area contributed by atoms with Gasteiger partial charge in [-0.2, -0.15) is 0 Å². The predicted molar refractivity (Wildman–Crippen MR) is 193 cm³/mol. The zero-order valence-electron chi connectivity index (χ0n) is 27.5. The van der Waals surface area contributed by atoms with E-state index >= 15 is 0 Å². The Balaban J connectivity index is 0.996. The smallest absolute Gasteiger partial charge is 0.307 e. The van der Waals surface area contributed by atoms with Crippen LogP contribution in [0.15, 0.2) is 60.9 Å². The zero-order chi connectivity index (χ0) is 34.5. The van der Waals surface area contributed by atoms with Crippen LogP contribution in [0.5, 0.6) is 0 Å². The van der Waals surface area contributed by atoms with E-state index in [4.69, 9.17) is 21.6 Å². The van der Waals surface area contributed by atoms with Crippen LogP contribution in [0.25, 0.3) is 32.6 Å². The number of aromatic nitrogens is 3. The van der Waals surface area contributed by atoms with Crippen LogP contribution in [0, 0.1) is 12.8 Å². The highest BCUT2D eigenvalue weighted by Crippen LogP contribution is 2.41. The number of aliphatic carboxylic acids is 1. The number of fused-ring (bicyclic) bond motifs is 2. The Bertz CT molecular complexity index is 2110. The van der Waals surface area contributed by atoms with E-state index in [2.05, 4.69) is 40.3 Å². The topological polar surface area (TPSA) is 135 Å². The number of hydrogen-bond acceptors (Lipinski definition) is 10. The molecule has 2 aromatic carbocycles. The number of aliphatic hydroxyl groups is 1. The number of nitrogens with one attached hydrogen (secondary N) is 1. The number of anilines is 2. The first-order chi connectivity index (χ1) is 24.2. The molecule has 11 nitrogen and oxygen atoms in total. The normalized spacial score (nSPS) is 18.1. The molecule has 6 heterocycles. The van der Waals surface area contributed by atoms with E-state index in [1.165, 1.54) is 0 Å². The molecule has 1 atom stereocenters. The van der Waals surface area contributed by atoms with Crippen molar-refractivity contribution in [1.82, 2.24) is 29.7 Å². The molecule has 0 radical (unpaired) electrons. The summed E-state index contributed by atoms with van der Waals surface area (Å²) in [6.45, 7) is 6.55. The highest BCUT2D eigenvalue weighted by atomic mass is 35.5. The van der Waals surface area contributed by atoms with Crippen molar-refractivity contribution < 1.29 is 19.8 Å². The minimum atomic E-state index is -0.734. The molecular weight excluding hydrogens is 674 g/mol. The van der Waals surface area contributed by atoms with Crippen molar-refractivity contribution in [2.24, 2.45) is 5.92 Å². The number of nitrogens with zero attached hydrogens (tertiary/aromatic N) is 6. The van der Waals surface area contributed by atoms with E-state index in [1.54, 1.807) is 17.5 Å². The van der Waals surface area contributed by atoms with Gasteiger partial charge < -0.3 is 20.4 Å². The lowest BCUT2D eigenvalue weighted by Crippen LogP contribution is -2.53. The summed E-state index contributed by atoms with van der Waals surface area (Å²) in [7, 11) is 0. The fraction of sp³-hybridized carbons (Fsp3) is 0.324. The number of β-amino-alcohol motifs (C(OH)–C–C–N with tert-alkyl or cyclic N) is 1. The van der Waals surface area contributed by atoms with Gasteiger partial charge in [-0.1, -0.05) is 41.9 Å². The minimum Gasteiger partial charge on any atom is -0.481 e. The number of pyridine rings is 2. The van der Waals surface area contributed by atoms with Gasteiger partial charge in [0.2, 0.25) is 5.91 Å². The van der Waals surface area contributed by atoms with Crippen molar-refractivity contribution in [1.29, 1.82) is 0 Å². The molecule has 50 heavy (non-hydrogen) atoms. The lowest BCUT2D eigenvalue weighted by atomic mass is 9.96. The van der Waals surface area contributed by atoms with Gasteiger partial charge in [-0.25, -0.2) is 9.97 Å². The van der Waals surface area contributed by atoms with Crippen LogP contribution in [0.2, 0.25) is 5.02 Å². The van der Waals surface area contributed by atoms with Gasteiger partial charge in [0.15, 0.2) is 5.82 Å². The number of benzene rings is 2.